The molecule has 0 aliphatic carbocycles. The van der Waals surface area contributed by atoms with Gasteiger partial charge < -0.3 is 10.3 Å². The monoisotopic (exact) mass is 259 g/mol. The Morgan fingerprint density at radius 3 is 2.47 bits per heavy atom. The molecule has 0 saturated heterocycles. The van der Waals surface area contributed by atoms with Gasteiger partial charge in [-0.1, -0.05) is 17.3 Å². The van der Waals surface area contributed by atoms with Gasteiger partial charge in [0.1, 0.15) is 0 Å². The quantitative estimate of drug-likeness (QED) is 0.830. The summed E-state index contributed by atoms with van der Waals surface area (Å²) in [6.07, 6.45) is 0. The molecule has 19 heavy (non-hydrogen) atoms. The zero-order valence-electron chi connectivity index (χ0n) is 11.2. The number of hydrogen-bond donors (Lipinski definition) is 2. The van der Waals surface area contributed by atoms with E-state index in [1.165, 1.54) is 0 Å². The van der Waals surface area contributed by atoms with Crippen LogP contribution < -0.4 is 11.1 Å². The van der Waals surface area contributed by atoms with Crippen LogP contribution >= 0.6 is 0 Å². The van der Waals surface area contributed by atoms with Crippen molar-refractivity contribution in [2.24, 2.45) is 0 Å². The van der Waals surface area contributed by atoms with Crippen molar-refractivity contribution in [1.29, 1.82) is 0 Å². The maximum absolute atomic E-state index is 12.3. The van der Waals surface area contributed by atoms with E-state index in [1.807, 2.05) is 26.0 Å². The zero-order chi connectivity index (χ0) is 14.0. The van der Waals surface area contributed by atoms with Crippen LogP contribution in [-0.2, 0) is 10.2 Å². The summed E-state index contributed by atoms with van der Waals surface area (Å²) in [5.74, 6) is 0.194. The number of rotatable bonds is 3. The van der Waals surface area contributed by atoms with Crippen LogP contribution in [0.2, 0.25) is 0 Å². The molecule has 0 saturated carbocycles. The molecule has 0 atom stereocenters. The summed E-state index contributed by atoms with van der Waals surface area (Å²) in [6, 6.07) is 8.93. The lowest BCUT2D eigenvalue weighted by atomic mass is 9.83. The third-order valence-corrected chi connectivity index (χ3v) is 3.06. The van der Waals surface area contributed by atoms with Crippen molar-refractivity contribution in [3.8, 4) is 0 Å². The second kappa shape index (κ2) is 4.76. The summed E-state index contributed by atoms with van der Waals surface area (Å²) < 4.78 is 4.98. The van der Waals surface area contributed by atoms with Crippen LogP contribution in [0.3, 0.4) is 0 Å². The molecule has 100 valence electrons. The molecule has 0 fully saturated rings. The maximum Gasteiger partial charge on any atom is 0.236 e. The topological polar surface area (TPSA) is 81.2 Å². The van der Waals surface area contributed by atoms with Crippen LogP contribution in [-0.4, -0.2) is 11.1 Å². The SMILES string of the molecule is Cc1cc(NC(=O)C(C)(C)c2ccc(N)cc2)on1. The van der Waals surface area contributed by atoms with Crippen molar-refractivity contribution in [2.45, 2.75) is 26.2 Å². The molecule has 3 N–H and O–H groups in total. The Labute approximate surface area is 111 Å². The Morgan fingerprint density at radius 2 is 1.95 bits per heavy atom. The Balaban J connectivity index is 2.19. The molecule has 0 unspecified atom stereocenters. The number of benzene rings is 1. The van der Waals surface area contributed by atoms with Crippen molar-refractivity contribution in [3.63, 3.8) is 0 Å². The van der Waals surface area contributed by atoms with Gasteiger partial charge in [-0.05, 0) is 38.5 Å². The Hall–Kier alpha value is -2.30. The predicted octanol–water partition coefficient (Wildman–Crippen LogP) is 2.48. The van der Waals surface area contributed by atoms with E-state index in [9.17, 15) is 4.79 Å². The van der Waals surface area contributed by atoms with Gasteiger partial charge in [0.25, 0.3) is 0 Å². The number of nitrogens with two attached hydrogens (primary N) is 1. The highest BCUT2D eigenvalue weighted by Gasteiger charge is 2.30. The largest absolute Gasteiger partial charge is 0.399 e. The van der Waals surface area contributed by atoms with Crippen LogP contribution in [0.5, 0.6) is 0 Å². The normalized spacial score (nSPS) is 11.3. The number of aryl methyl sites for hydroxylation is 1. The minimum absolute atomic E-state index is 0.159. The fourth-order valence-electron chi connectivity index (χ4n) is 1.72. The van der Waals surface area contributed by atoms with Gasteiger partial charge in [-0.15, -0.1) is 0 Å². The Morgan fingerprint density at radius 1 is 1.32 bits per heavy atom. The first kappa shape index (κ1) is 13.1. The van der Waals surface area contributed by atoms with Gasteiger partial charge in [0.15, 0.2) is 0 Å². The minimum atomic E-state index is -0.686. The third kappa shape index (κ3) is 2.76. The van der Waals surface area contributed by atoms with Crippen molar-refractivity contribution in [1.82, 2.24) is 5.16 Å². The summed E-state index contributed by atoms with van der Waals surface area (Å²) in [5, 5.41) is 6.45. The molecule has 2 rings (SSSR count). The fraction of sp³-hybridized carbons (Fsp3) is 0.286. The van der Waals surface area contributed by atoms with Gasteiger partial charge in [-0.2, -0.15) is 0 Å². The van der Waals surface area contributed by atoms with E-state index in [0.29, 0.717) is 11.6 Å². The van der Waals surface area contributed by atoms with Crippen LogP contribution in [0, 0.1) is 6.92 Å². The summed E-state index contributed by atoms with van der Waals surface area (Å²) in [6.45, 7) is 5.48. The van der Waals surface area contributed by atoms with Gasteiger partial charge in [0.2, 0.25) is 11.8 Å². The van der Waals surface area contributed by atoms with Crippen molar-refractivity contribution < 1.29 is 9.32 Å². The highest BCUT2D eigenvalue weighted by Crippen LogP contribution is 2.26. The Kier molecular flexibility index (Phi) is 3.29. The second-order valence-electron chi connectivity index (χ2n) is 5.03. The van der Waals surface area contributed by atoms with Gasteiger partial charge in [0.05, 0.1) is 11.1 Å². The number of amides is 1. The van der Waals surface area contributed by atoms with Crippen LogP contribution in [0.4, 0.5) is 11.6 Å². The molecular weight excluding hydrogens is 242 g/mol. The molecule has 5 heteroatoms. The smallest absolute Gasteiger partial charge is 0.236 e. The number of carbonyl (C=O) groups is 1. The first-order valence-corrected chi connectivity index (χ1v) is 6.00. The molecule has 1 aromatic heterocycles. The molecule has 0 aliphatic heterocycles. The molecule has 1 aromatic carbocycles. The number of carbonyl (C=O) groups excluding carboxylic acids is 1. The highest BCUT2D eigenvalue weighted by atomic mass is 16.5. The summed E-state index contributed by atoms with van der Waals surface area (Å²) in [7, 11) is 0. The number of nitrogen functional groups attached to an aromatic ring is 1. The fourth-order valence-corrected chi connectivity index (χ4v) is 1.72. The van der Waals surface area contributed by atoms with Gasteiger partial charge >= 0.3 is 0 Å². The van der Waals surface area contributed by atoms with Crippen molar-refractivity contribution >= 4 is 17.5 Å². The molecule has 1 heterocycles. The van der Waals surface area contributed by atoms with E-state index in [2.05, 4.69) is 10.5 Å². The first-order valence-electron chi connectivity index (χ1n) is 6.00. The lowest BCUT2D eigenvalue weighted by Crippen LogP contribution is -2.34. The highest BCUT2D eigenvalue weighted by molar-refractivity contribution is 5.97. The second-order valence-corrected chi connectivity index (χ2v) is 5.03. The Bertz CT molecular complexity index is 585. The van der Waals surface area contributed by atoms with E-state index < -0.39 is 5.41 Å². The van der Waals surface area contributed by atoms with Gasteiger partial charge in [0, 0.05) is 11.8 Å². The molecule has 1 amide bonds. The van der Waals surface area contributed by atoms with E-state index in [1.54, 1.807) is 25.1 Å². The summed E-state index contributed by atoms with van der Waals surface area (Å²) >= 11 is 0. The van der Waals surface area contributed by atoms with Gasteiger partial charge in [-0.3, -0.25) is 10.1 Å². The molecule has 2 aromatic rings. The van der Waals surface area contributed by atoms with E-state index in [-0.39, 0.29) is 5.91 Å². The summed E-state index contributed by atoms with van der Waals surface area (Å²) in [4.78, 5) is 12.3. The maximum atomic E-state index is 12.3. The first-order chi connectivity index (χ1) is 8.89. The molecule has 5 nitrogen and oxygen atoms in total. The average Bonchev–Trinajstić information content (AvgIpc) is 2.75. The molecule has 0 aliphatic rings. The van der Waals surface area contributed by atoms with Gasteiger partial charge in [-0.25, -0.2) is 0 Å². The number of nitrogens with zero attached hydrogens (tertiary/aromatic N) is 1. The molecule has 0 radical (unpaired) electrons. The van der Waals surface area contributed by atoms with Crippen LogP contribution in [0.25, 0.3) is 0 Å². The van der Waals surface area contributed by atoms with E-state index in [0.717, 1.165) is 11.3 Å². The third-order valence-electron chi connectivity index (χ3n) is 3.06. The average molecular weight is 259 g/mol. The lowest BCUT2D eigenvalue weighted by molar-refractivity contribution is -0.120. The number of hydrogen-bond acceptors (Lipinski definition) is 4. The number of anilines is 2. The number of nitrogens with one attached hydrogen (secondary N) is 1. The van der Waals surface area contributed by atoms with E-state index >= 15 is 0 Å². The zero-order valence-corrected chi connectivity index (χ0v) is 11.2. The minimum Gasteiger partial charge on any atom is -0.399 e. The van der Waals surface area contributed by atoms with Crippen LogP contribution in [0.15, 0.2) is 34.9 Å². The van der Waals surface area contributed by atoms with Crippen molar-refractivity contribution in [3.05, 3.63) is 41.6 Å². The molecule has 0 bridgehead atoms. The van der Waals surface area contributed by atoms with Crippen molar-refractivity contribution in [2.75, 3.05) is 11.1 Å². The predicted molar refractivity (Wildman–Crippen MR) is 73.8 cm³/mol. The molecular formula is C14H17N3O2. The lowest BCUT2D eigenvalue weighted by Gasteiger charge is -2.23. The standard InChI is InChI=1S/C14H17N3O2/c1-9-8-12(19-17-9)16-13(18)14(2,3)10-4-6-11(15)7-5-10/h4-8H,15H2,1-3H3,(H,16,18). The number of aromatic nitrogens is 1. The van der Waals surface area contributed by atoms with E-state index in [4.69, 9.17) is 10.3 Å². The van der Waals surface area contributed by atoms with Crippen LogP contribution in [0.1, 0.15) is 25.1 Å². The molecule has 0 spiro atoms. The summed E-state index contributed by atoms with van der Waals surface area (Å²) in [5.41, 5.74) is 7.24.